The van der Waals surface area contributed by atoms with Crippen molar-refractivity contribution in [2.75, 3.05) is 49.5 Å². The summed E-state index contributed by atoms with van der Waals surface area (Å²) in [4.78, 5) is 12.7. The van der Waals surface area contributed by atoms with Crippen LogP contribution in [0.4, 0.5) is 11.6 Å². The van der Waals surface area contributed by atoms with Gasteiger partial charge < -0.3 is 15.2 Å². The second-order valence-electron chi connectivity index (χ2n) is 6.55. The molecule has 5 heteroatoms. The maximum Gasteiger partial charge on any atom is 0.128 e. The Bertz CT molecular complexity index is 790. The number of aromatic nitrogens is 2. The molecule has 0 atom stereocenters. The molecule has 1 aliphatic heterocycles. The molecule has 1 aromatic carbocycles. The Morgan fingerprint density at radius 3 is 2.68 bits per heavy atom. The average molecular weight is 335 g/mol. The van der Waals surface area contributed by atoms with Gasteiger partial charge in [0.2, 0.25) is 0 Å². The highest BCUT2D eigenvalue weighted by molar-refractivity contribution is 5.92. The zero-order valence-electron chi connectivity index (χ0n) is 14.5. The van der Waals surface area contributed by atoms with Crippen molar-refractivity contribution in [3.05, 3.63) is 54.9 Å². The van der Waals surface area contributed by atoms with E-state index in [4.69, 9.17) is 0 Å². The normalized spacial score (nSPS) is 15.6. The third-order valence-electron chi connectivity index (χ3n) is 4.90. The highest BCUT2D eigenvalue weighted by Crippen LogP contribution is 2.21. The monoisotopic (exact) mass is 335 g/mol. The number of aromatic amines is 1. The minimum atomic E-state index is 0.991. The van der Waals surface area contributed by atoms with E-state index in [2.05, 4.69) is 67.7 Å². The number of pyridine rings is 1. The first kappa shape index (κ1) is 16.0. The highest BCUT2D eigenvalue weighted by atomic mass is 15.3. The van der Waals surface area contributed by atoms with Crippen LogP contribution in [-0.4, -0.2) is 54.1 Å². The van der Waals surface area contributed by atoms with Crippen LogP contribution in [0.25, 0.3) is 10.8 Å². The van der Waals surface area contributed by atoms with Crippen molar-refractivity contribution >= 4 is 22.4 Å². The summed E-state index contributed by atoms with van der Waals surface area (Å²) in [5, 5.41) is 6.07. The Hall–Kier alpha value is -2.53. The lowest BCUT2D eigenvalue weighted by molar-refractivity contribution is 0.256. The SMILES string of the molecule is c1ccc(N2CCN(CCCNc3[nH]cc4ccccc34)CC2)nc1. The molecule has 0 unspecified atom stereocenters. The topological polar surface area (TPSA) is 47.2 Å². The van der Waals surface area contributed by atoms with Gasteiger partial charge in [0.25, 0.3) is 0 Å². The first-order valence-corrected chi connectivity index (χ1v) is 9.08. The van der Waals surface area contributed by atoms with Gasteiger partial charge in [-0.3, -0.25) is 4.90 Å². The van der Waals surface area contributed by atoms with E-state index in [1.54, 1.807) is 0 Å². The molecular weight excluding hydrogens is 310 g/mol. The molecule has 0 saturated carbocycles. The summed E-state index contributed by atoms with van der Waals surface area (Å²) < 4.78 is 0. The number of benzene rings is 1. The quantitative estimate of drug-likeness (QED) is 0.679. The zero-order valence-corrected chi connectivity index (χ0v) is 14.5. The lowest BCUT2D eigenvalue weighted by Gasteiger charge is -2.35. The molecule has 1 aliphatic rings. The van der Waals surface area contributed by atoms with E-state index >= 15 is 0 Å². The molecule has 1 fully saturated rings. The van der Waals surface area contributed by atoms with Crippen LogP contribution < -0.4 is 10.2 Å². The molecule has 0 amide bonds. The number of hydrogen-bond acceptors (Lipinski definition) is 4. The third-order valence-corrected chi connectivity index (χ3v) is 4.90. The molecule has 0 spiro atoms. The van der Waals surface area contributed by atoms with Crippen LogP contribution in [-0.2, 0) is 0 Å². The minimum Gasteiger partial charge on any atom is -0.371 e. The minimum absolute atomic E-state index is 0.991. The van der Waals surface area contributed by atoms with Crippen LogP contribution in [0, 0.1) is 0 Å². The number of nitrogens with one attached hydrogen (secondary N) is 2. The predicted molar refractivity (Wildman–Crippen MR) is 104 cm³/mol. The Morgan fingerprint density at radius 2 is 1.84 bits per heavy atom. The van der Waals surface area contributed by atoms with Gasteiger partial charge in [0.05, 0.1) is 0 Å². The first-order valence-electron chi connectivity index (χ1n) is 9.08. The maximum atomic E-state index is 4.45. The van der Waals surface area contributed by atoms with Gasteiger partial charge in [-0.05, 0) is 25.1 Å². The molecule has 0 aliphatic carbocycles. The van der Waals surface area contributed by atoms with E-state index in [9.17, 15) is 0 Å². The molecule has 0 radical (unpaired) electrons. The Balaban J connectivity index is 1.20. The van der Waals surface area contributed by atoms with Crippen molar-refractivity contribution in [3.63, 3.8) is 0 Å². The van der Waals surface area contributed by atoms with Crippen LogP contribution in [0.5, 0.6) is 0 Å². The fourth-order valence-corrected chi connectivity index (χ4v) is 3.48. The summed E-state index contributed by atoms with van der Waals surface area (Å²) in [5.74, 6) is 2.23. The van der Waals surface area contributed by atoms with Gasteiger partial charge in [-0.1, -0.05) is 30.3 Å². The van der Waals surface area contributed by atoms with Crippen molar-refractivity contribution in [2.45, 2.75) is 6.42 Å². The zero-order chi connectivity index (χ0) is 16.9. The molecule has 0 bridgehead atoms. The molecule has 130 valence electrons. The van der Waals surface area contributed by atoms with Gasteiger partial charge >= 0.3 is 0 Å². The van der Waals surface area contributed by atoms with E-state index in [-0.39, 0.29) is 0 Å². The first-order chi connectivity index (χ1) is 12.4. The summed E-state index contributed by atoms with van der Waals surface area (Å²) in [6.45, 7) is 6.48. The number of piperazine rings is 1. The summed E-state index contributed by atoms with van der Waals surface area (Å²) in [6, 6.07) is 14.6. The van der Waals surface area contributed by atoms with Gasteiger partial charge in [0.15, 0.2) is 0 Å². The Kier molecular flexibility index (Phi) is 4.84. The van der Waals surface area contributed by atoms with Crippen molar-refractivity contribution in [2.24, 2.45) is 0 Å². The maximum absolute atomic E-state index is 4.45. The number of nitrogens with zero attached hydrogens (tertiary/aromatic N) is 3. The van der Waals surface area contributed by atoms with Gasteiger partial charge in [-0.25, -0.2) is 4.98 Å². The second kappa shape index (κ2) is 7.57. The summed E-state index contributed by atoms with van der Waals surface area (Å²) >= 11 is 0. The lowest BCUT2D eigenvalue weighted by atomic mass is 10.2. The molecule has 2 aromatic heterocycles. The van der Waals surface area contributed by atoms with Gasteiger partial charge in [0, 0.05) is 55.9 Å². The molecule has 2 N–H and O–H groups in total. The Morgan fingerprint density at radius 1 is 1.00 bits per heavy atom. The number of hydrogen-bond donors (Lipinski definition) is 2. The van der Waals surface area contributed by atoms with E-state index in [0.717, 1.165) is 57.3 Å². The standard InChI is InChI=1S/C20H25N5/c1-2-7-18-17(6-1)16-23-20(18)22-10-5-11-24-12-14-25(15-13-24)19-8-3-4-9-21-19/h1-4,6-9,16,22-23H,5,10-15H2. The van der Waals surface area contributed by atoms with Crippen molar-refractivity contribution in [1.29, 1.82) is 0 Å². The fraction of sp³-hybridized carbons (Fsp3) is 0.350. The van der Waals surface area contributed by atoms with Gasteiger partial charge in [0.1, 0.15) is 11.6 Å². The largest absolute Gasteiger partial charge is 0.371 e. The van der Waals surface area contributed by atoms with Crippen LogP contribution in [0.1, 0.15) is 6.42 Å². The molecule has 1 saturated heterocycles. The summed E-state index contributed by atoms with van der Waals surface area (Å²) in [7, 11) is 0. The van der Waals surface area contributed by atoms with Crippen LogP contribution >= 0.6 is 0 Å². The van der Waals surface area contributed by atoms with E-state index in [0.29, 0.717) is 0 Å². The van der Waals surface area contributed by atoms with Crippen molar-refractivity contribution < 1.29 is 0 Å². The van der Waals surface area contributed by atoms with E-state index in [1.165, 1.54) is 10.8 Å². The molecule has 3 heterocycles. The molecule has 5 nitrogen and oxygen atoms in total. The average Bonchev–Trinajstić information content (AvgIpc) is 3.10. The van der Waals surface area contributed by atoms with E-state index < -0.39 is 0 Å². The van der Waals surface area contributed by atoms with Crippen molar-refractivity contribution in [1.82, 2.24) is 14.9 Å². The summed E-state index contributed by atoms with van der Waals surface area (Å²) in [5.41, 5.74) is 0. The number of fused-ring (bicyclic) bond motifs is 1. The van der Waals surface area contributed by atoms with Crippen LogP contribution in [0.3, 0.4) is 0 Å². The molecule has 25 heavy (non-hydrogen) atoms. The van der Waals surface area contributed by atoms with Crippen molar-refractivity contribution in [3.8, 4) is 0 Å². The highest BCUT2D eigenvalue weighted by Gasteiger charge is 2.17. The fourth-order valence-electron chi connectivity index (χ4n) is 3.48. The molecular formula is C20H25N5. The molecule has 3 aromatic rings. The second-order valence-corrected chi connectivity index (χ2v) is 6.55. The van der Waals surface area contributed by atoms with Crippen LogP contribution in [0.2, 0.25) is 0 Å². The third kappa shape index (κ3) is 3.77. The van der Waals surface area contributed by atoms with Gasteiger partial charge in [-0.15, -0.1) is 0 Å². The number of anilines is 2. The smallest absolute Gasteiger partial charge is 0.128 e. The number of rotatable bonds is 6. The summed E-state index contributed by atoms with van der Waals surface area (Å²) in [6.07, 6.45) is 5.09. The lowest BCUT2D eigenvalue weighted by Crippen LogP contribution is -2.47. The Labute approximate surface area is 148 Å². The van der Waals surface area contributed by atoms with Crippen LogP contribution in [0.15, 0.2) is 54.9 Å². The molecule has 4 rings (SSSR count). The van der Waals surface area contributed by atoms with Gasteiger partial charge in [-0.2, -0.15) is 0 Å². The van der Waals surface area contributed by atoms with E-state index in [1.807, 2.05) is 12.3 Å². The number of H-pyrrole nitrogens is 1. The predicted octanol–water partition coefficient (Wildman–Crippen LogP) is 3.19.